The van der Waals surface area contributed by atoms with Crippen molar-refractivity contribution in [3.05, 3.63) is 30.5 Å². The monoisotopic (exact) mass is 258 g/mol. The predicted molar refractivity (Wildman–Crippen MR) is 75.9 cm³/mol. The topological polar surface area (TPSA) is 66.9 Å². The molecule has 5 nitrogen and oxygen atoms in total. The molecule has 0 fully saturated rings. The Balaban J connectivity index is 2.08. The molecule has 2 aromatic rings. The van der Waals surface area contributed by atoms with Gasteiger partial charge in [0.2, 0.25) is 5.91 Å². The van der Waals surface area contributed by atoms with E-state index in [1.54, 1.807) is 6.20 Å². The molecule has 2 N–H and O–H groups in total. The fraction of sp³-hybridized carbons (Fsp3) is 0.357. The average molecular weight is 258 g/mol. The second kappa shape index (κ2) is 5.22. The lowest BCUT2D eigenvalue weighted by Gasteiger charge is -2.20. The first-order chi connectivity index (χ1) is 8.96. The van der Waals surface area contributed by atoms with Gasteiger partial charge in [0, 0.05) is 10.9 Å². The number of amides is 1. The summed E-state index contributed by atoms with van der Waals surface area (Å²) in [4.78, 5) is 11.8. The highest BCUT2D eigenvalue weighted by molar-refractivity contribution is 5.92. The number of carbonyl (C=O) groups excluding carboxylic acids is 1. The van der Waals surface area contributed by atoms with E-state index in [1.165, 1.54) is 0 Å². The van der Waals surface area contributed by atoms with Gasteiger partial charge in [0.25, 0.3) is 0 Å². The highest BCUT2D eigenvalue weighted by atomic mass is 16.2. The van der Waals surface area contributed by atoms with Crippen LogP contribution < -0.4 is 10.6 Å². The van der Waals surface area contributed by atoms with Gasteiger partial charge in [0.05, 0.1) is 23.9 Å². The lowest BCUT2D eigenvalue weighted by Crippen LogP contribution is -2.43. The van der Waals surface area contributed by atoms with Crippen molar-refractivity contribution in [3.8, 4) is 0 Å². The van der Waals surface area contributed by atoms with Gasteiger partial charge in [-0.25, -0.2) is 0 Å². The first-order valence-electron chi connectivity index (χ1n) is 6.21. The van der Waals surface area contributed by atoms with E-state index in [2.05, 4.69) is 20.8 Å². The van der Waals surface area contributed by atoms with Crippen molar-refractivity contribution in [3.63, 3.8) is 0 Å². The van der Waals surface area contributed by atoms with Crippen LogP contribution in [-0.4, -0.2) is 28.2 Å². The molecule has 1 aromatic heterocycles. The van der Waals surface area contributed by atoms with Gasteiger partial charge in [0.1, 0.15) is 0 Å². The zero-order chi connectivity index (χ0) is 13.9. The highest BCUT2D eigenvalue weighted by Crippen LogP contribution is 2.19. The summed E-state index contributed by atoms with van der Waals surface area (Å²) >= 11 is 0. The van der Waals surface area contributed by atoms with E-state index in [0.29, 0.717) is 0 Å². The number of carbonyl (C=O) groups is 1. The molecule has 1 heterocycles. The molecular weight excluding hydrogens is 240 g/mol. The molecule has 2 rings (SSSR count). The minimum Gasteiger partial charge on any atom is -0.374 e. The first kappa shape index (κ1) is 13.3. The number of fused-ring (bicyclic) bond motifs is 1. The van der Waals surface area contributed by atoms with E-state index < -0.39 is 0 Å². The minimum atomic E-state index is -0.225. The molecule has 0 bridgehead atoms. The highest BCUT2D eigenvalue weighted by Gasteiger charge is 2.13. The van der Waals surface area contributed by atoms with Crippen LogP contribution in [0.15, 0.2) is 30.5 Å². The number of benzene rings is 1. The molecular formula is C14H18N4O. The molecule has 0 aliphatic carbocycles. The minimum absolute atomic E-state index is 0.0478. The van der Waals surface area contributed by atoms with E-state index >= 15 is 0 Å². The van der Waals surface area contributed by atoms with Gasteiger partial charge in [-0.3, -0.25) is 4.79 Å². The molecule has 19 heavy (non-hydrogen) atoms. The molecule has 0 saturated heterocycles. The van der Waals surface area contributed by atoms with Crippen molar-refractivity contribution in [2.24, 2.45) is 0 Å². The van der Waals surface area contributed by atoms with Gasteiger partial charge in [-0.1, -0.05) is 18.2 Å². The van der Waals surface area contributed by atoms with Crippen LogP contribution in [0.4, 0.5) is 5.69 Å². The van der Waals surface area contributed by atoms with Crippen LogP contribution in [0.5, 0.6) is 0 Å². The summed E-state index contributed by atoms with van der Waals surface area (Å²) < 4.78 is 0. The second-order valence-corrected chi connectivity index (χ2v) is 5.43. The van der Waals surface area contributed by atoms with E-state index in [9.17, 15) is 4.79 Å². The van der Waals surface area contributed by atoms with Gasteiger partial charge in [-0.15, -0.1) is 0 Å². The molecule has 0 aliphatic heterocycles. The third-order valence-electron chi connectivity index (χ3n) is 2.50. The molecule has 0 unspecified atom stereocenters. The van der Waals surface area contributed by atoms with E-state index in [4.69, 9.17) is 0 Å². The van der Waals surface area contributed by atoms with Gasteiger partial charge in [0.15, 0.2) is 0 Å². The van der Waals surface area contributed by atoms with Crippen LogP contribution in [-0.2, 0) is 4.79 Å². The molecule has 0 saturated carbocycles. The maximum absolute atomic E-state index is 11.8. The Morgan fingerprint density at radius 2 is 2.00 bits per heavy atom. The van der Waals surface area contributed by atoms with E-state index in [0.717, 1.165) is 16.6 Å². The van der Waals surface area contributed by atoms with Crippen LogP contribution in [0.1, 0.15) is 20.8 Å². The number of rotatable bonds is 3. The molecule has 1 amide bonds. The molecule has 0 aliphatic rings. The quantitative estimate of drug-likeness (QED) is 0.883. The summed E-state index contributed by atoms with van der Waals surface area (Å²) in [6.45, 7) is 6.07. The Hall–Kier alpha value is -2.17. The lowest BCUT2D eigenvalue weighted by atomic mass is 10.1. The summed E-state index contributed by atoms with van der Waals surface area (Å²) in [6.07, 6.45) is 1.63. The van der Waals surface area contributed by atoms with E-state index in [-0.39, 0.29) is 18.0 Å². The van der Waals surface area contributed by atoms with Crippen molar-refractivity contribution in [2.75, 3.05) is 11.9 Å². The van der Waals surface area contributed by atoms with Crippen molar-refractivity contribution in [2.45, 2.75) is 26.3 Å². The molecule has 1 aromatic carbocycles. The summed E-state index contributed by atoms with van der Waals surface area (Å²) in [5.41, 5.74) is 1.40. The van der Waals surface area contributed by atoms with Crippen LogP contribution in [0, 0.1) is 0 Å². The van der Waals surface area contributed by atoms with Crippen molar-refractivity contribution in [1.29, 1.82) is 0 Å². The average Bonchev–Trinajstić information content (AvgIpc) is 2.34. The van der Waals surface area contributed by atoms with Crippen molar-refractivity contribution < 1.29 is 4.79 Å². The number of aromatic nitrogens is 2. The summed E-state index contributed by atoms with van der Waals surface area (Å²) in [7, 11) is 0. The zero-order valence-corrected chi connectivity index (χ0v) is 11.4. The number of hydrogen-bond donors (Lipinski definition) is 2. The zero-order valence-electron chi connectivity index (χ0n) is 11.4. The normalized spacial score (nSPS) is 11.3. The standard InChI is InChI=1S/C14H18N4O/c1-14(2,3)17-13(19)9-15-12-8-16-18-11-7-5-4-6-10(11)12/h4-8H,9H2,1-3H3,(H,15,18)(H,17,19). The van der Waals surface area contributed by atoms with E-state index in [1.807, 2.05) is 45.0 Å². The van der Waals surface area contributed by atoms with Crippen LogP contribution >= 0.6 is 0 Å². The Bertz CT molecular complexity index is 584. The molecule has 100 valence electrons. The Labute approximate surface area is 112 Å². The van der Waals surface area contributed by atoms with Gasteiger partial charge >= 0.3 is 0 Å². The Kier molecular flexibility index (Phi) is 3.64. The van der Waals surface area contributed by atoms with Crippen LogP contribution in [0.3, 0.4) is 0 Å². The van der Waals surface area contributed by atoms with Crippen LogP contribution in [0.2, 0.25) is 0 Å². The molecule has 0 radical (unpaired) electrons. The van der Waals surface area contributed by atoms with Gasteiger partial charge in [-0.2, -0.15) is 10.2 Å². The number of anilines is 1. The first-order valence-corrected chi connectivity index (χ1v) is 6.21. The number of nitrogens with one attached hydrogen (secondary N) is 2. The Morgan fingerprint density at radius 3 is 2.74 bits per heavy atom. The molecule has 5 heteroatoms. The number of hydrogen-bond acceptors (Lipinski definition) is 4. The maximum Gasteiger partial charge on any atom is 0.239 e. The molecule has 0 spiro atoms. The fourth-order valence-electron chi connectivity index (χ4n) is 1.79. The Morgan fingerprint density at radius 1 is 1.26 bits per heavy atom. The van der Waals surface area contributed by atoms with Gasteiger partial charge in [-0.05, 0) is 26.8 Å². The lowest BCUT2D eigenvalue weighted by molar-refractivity contribution is -0.120. The summed E-state index contributed by atoms with van der Waals surface area (Å²) in [5.74, 6) is -0.0478. The third kappa shape index (κ3) is 3.64. The van der Waals surface area contributed by atoms with Crippen molar-refractivity contribution in [1.82, 2.24) is 15.5 Å². The van der Waals surface area contributed by atoms with Gasteiger partial charge < -0.3 is 10.6 Å². The van der Waals surface area contributed by atoms with Crippen molar-refractivity contribution >= 4 is 22.5 Å². The van der Waals surface area contributed by atoms with Crippen LogP contribution in [0.25, 0.3) is 10.9 Å². The molecule has 0 atom stereocenters. The SMILES string of the molecule is CC(C)(C)NC(=O)CNc1cnnc2ccccc12. The summed E-state index contributed by atoms with van der Waals surface area (Å²) in [5, 5.41) is 14.9. The maximum atomic E-state index is 11.8. The summed E-state index contributed by atoms with van der Waals surface area (Å²) in [6, 6.07) is 7.69. The third-order valence-corrected chi connectivity index (χ3v) is 2.50. The number of nitrogens with zero attached hydrogens (tertiary/aromatic N) is 2. The largest absolute Gasteiger partial charge is 0.374 e. The fourth-order valence-corrected chi connectivity index (χ4v) is 1.79. The predicted octanol–water partition coefficient (Wildman–Crippen LogP) is 1.96. The second-order valence-electron chi connectivity index (χ2n) is 5.43. The smallest absolute Gasteiger partial charge is 0.239 e.